The number of carbonyl (C=O) groups excluding carboxylic acids is 1. The van der Waals surface area contributed by atoms with Crippen LogP contribution in [0.15, 0.2) is 59.5 Å². The number of alkyl halides is 7. The van der Waals surface area contributed by atoms with Crippen LogP contribution in [0.3, 0.4) is 0 Å². The van der Waals surface area contributed by atoms with Gasteiger partial charge in [-0.15, -0.1) is 0 Å². The topological polar surface area (TPSA) is 54.5 Å². The Bertz CT molecular complexity index is 1730. The highest BCUT2D eigenvalue weighted by Crippen LogP contribution is 2.57. The lowest BCUT2D eigenvalue weighted by molar-refractivity contribution is -0.348. The van der Waals surface area contributed by atoms with Crippen LogP contribution in [0.1, 0.15) is 39.9 Å². The number of halogens is 11. The van der Waals surface area contributed by atoms with Gasteiger partial charge in [0.2, 0.25) is 0 Å². The van der Waals surface area contributed by atoms with Gasteiger partial charge in [0, 0.05) is 24.8 Å². The van der Waals surface area contributed by atoms with E-state index >= 15 is 4.39 Å². The van der Waals surface area contributed by atoms with Crippen LogP contribution in [0.4, 0.5) is 35.1 Å². The first-order valence-electron chi connectivity index (χ1n) is 12.7. The van der Waals surface area contributed by atoms with Crippen molar-refractivity contribution in [2.75, 3.05) is 6.54 Å². The molecule has 0 bridgehead atoms. The standard InChI is InChI=1S/C28H18F8I3NO3S/c29-20-12-15(13-21(38)23(20)39)24(41)40-10-9-25(44(42,43)18-5-3-17(37)4-6-18)19-7-2-16(11-14(19)1-8-22(25)40)26(30,27(31,32)33)28(34,35)36/h2-7,11-13,22H,1,8-10H2/t22-,25-/m1/s1. The van der Waals surface area contributed by atoms with Crippen molar-refractivity contribution >= 4 is 83.5 Å². The van der Waals surface area contributed by atoms with Gasteiger partial charge in [-0.3, -0.25) is 4.79 Å². The van der Waals surface area contributed by atoms with Crippen LogP contribution in [0.2, 0.25) is 0 Å². The third-order valence-corrected chi connectivity index (χ3v) is 14.4. The number of nitrogens with zero attached hydrogens (tertiary/aromatic N) is 1. The summed E-state index contributed by atoms with van der Waals surface area (Å²) < 4.78 is 139. The van der Waals surface area contributed by atoms with Gasteiger partial charge in [0.1, 0.15) is 10.6 Å². The lowest BCUT2D eigenvalue weighted by Crippen LogP contribution is -2.53. The molecule has 0 aromatic heterocycles. The van der Waals surface area contributed by atoms with E-state index in [9.17, 15) is 43.9 Å². The van der Waals surface area contributed by atoms with Crippen molar-refractivity contribution in [1.29, 1.82) is 0 Å². The van der Waals surface area contributed by atoms with Gasteiger partial charge < -0.3 is 4.90 Å². The molecule has 3 aromatic rings. The molecule has 16 heteroatoms. The van der Waals surface area contributed by atoms with E-state index in [2.05, 4.69) is 0 Å². The van der Waals surface area contributed by atoms with E-state index in [1.165, 1.54) is 35.2 Å². The predicted molar refractivity (Wildman–Crippen MR) is 169 cm³/mol. The molecule has 2 atom stereocenters. The molecule has 0 saturated carbocycles. The third kappa shape index (κ3) is 5.14. The summed E-state index contributed by atoms with van der Waals surface area (Å²) in [6.45, 7) is -0.156. The van der Waals surface area contributed by atoms with Crippen LogP contribution in [-0.4, -0.2) is 44.2 Å². The fraction of sp³-hybridized carbons (Fsp3) is 0.321. The van der Waals surface area contributed by atoms with Gasteiger partial charge in [0.15, 0.2) is 9.84 Å². The highest BCUT2D eigenvalue weighted by atomic mass is 127. The average molecular weight is 981 g/mol. The van der Waals surface area contributed by atoms with Gasteiger partial charge in [-0.1, -0.05) is 18.2 Å². The number of likely N-dealkylation sites (tertiary alicyclic amines) is 1. The van der Waals surface area contributed by atoms with Gasteiger partial charge in [-0.2, -0.15) is 26.3 Å². The number of aryl methyl sites for hydroxylation is 1. The van der Waals surface area contributed by atoms with Crippen LogP contribution < -0.4 is 0 Å². The highest BCUT2D eigenvalue weighted by Gasteiger charge is 2.73. The van der Waals surface area contributed by atoms with Crippen molar-refractivity contribution in [2.24, 2.45) is 0 Å². The van der Waals surface area contributed by atoms with Crippen LogP contribution in [0, 0.1) is 16.5 Å². The fourth-order valence-corrected chi connectivity index (χ4v) is 9.77. The SMILES string of the molecule is O=C(c1cc(F)c(I)c(I)c1)N1CC[C@@]2(S(=O)(=O)c3ccc(I)cc3)c3ccc(C(F)(C(F)(F)F)C(F)(F)F)cc3CC[C@@H]12. The van der Waals surface area contributed by atoms with Crippen molar-refractivity contribution in [1.82, 2.24) is 4.90 Å². The summed E-state index contributed by atoms with van der Waals surface area (Å²) in [5.41, 5.74) is -7.77. The van der Waals surface area contributed by atoms with Gasteiger partial charge in [-0.25, -0.2) is 17.2 Å². The highest BCUT2D eigenvalue weighted by molar-refractivity contribution is 14.1. The molecule has 5 rings (SSSR count). The first-order valence-corrected chi connectivity index (χ1v) is 17.4. The molecule has 1 fully saturated rings. The third-order valence-electron chi connectivity index (χ3n) is 8.16. The maximum Gasteiger partial charge on any atom is 0.435 e. The van der Waals surface area contributed by atoms with Gasteiger partial charge in [0.25, 0.3) is 5.91 Å². The Balaban J connectivity index is 1.71. The number of amides is 1. The summed E-state index contributed by atoms with van der Waals surface area (Å²) in [6, 6.07) is 8.59. The normalized spacial score (nSPS) is 20.8. The van der Waals surface area contributed by atoms with Crippen LogP contribution in [0.25, 0.3) is 0 Å². The van der Waals surface area contributed by atoms with E-state index in [1.807, 2.05) is 45.2 Å². The minimum atomic E-state index is -6.35. The second-order valence-electron chi connectivity index (χ2n) is 10.4. The van der Waals surface area contributed by atoms with E-state index in [1.54, 1.807) is 22.6 Å². The number of fused-ring (bicyclic) bond motifs is 3. The molecule has 236 valence electrons. The maximum absolute atomic E-state index is 15.0. The first kappa shape index (κ1) is 34.1. The predicted octanol–water partition coefficient (Wildman–Crippen LogP) is 8.46. The van der Waals surface area contributed by atoms with E-state index in [4.69, 9.17) is 0 Å². The summed E-state index contributed by atoms with van der Waals surface area (Å²) in [5.74, 6) is -1.34. The largest absolute Gasteiger partial charge is 0.435 e. The van der Waals surface area contributed by atoms with E-state index in [0.29, 0.717) is 19.3 Å². The number of sulfone groups is 1. The maximum atomic E-state index is 15.0. The number of rotatable bonds is 4. The summed E-state index contributed by atoms with van der Waals surface area (Å²) >= 11 is 5.58. The number of hydrogen-bond acceptors (Lipinski definition) is 3. The number of benzene rings is 3. The van der Waals surface area contributed by atoms with Crippen molar-refractivity contribution in [3.8, 4) is 0 Å². The molecule has 1 heterocycles. The zero-order valence-electron chi connectivity index (χ0n) is 21.8. The lowest BCUT2D eigenvalue weighted by Gasteiger charge is -2.43. The molecule has 4 nitrogen and oxygen atoms in total. The Morgan fingerprint density at radius 2 is 1.50 bits per heavy atom. The number of carbonyl (C=O) groups is 1. The van der Waals surface area contributed by atoms with Crippen molar-refractivity contribution < 1.29 is 48.3 Å². The molecule has 0 unspecified atom stereocenters. The summed E-state index contributed by atoms with van der Waals surface area (Å²) in [6.07, 6.45) is -13.4. The molecule has 1 aliphatic heterocycles. The second-order valence-corrected chi connectivity index (χ2v) is 16.1. The molecule has 1 amide bonds. The Morgan fingerprint density at radius 3 is 2.07 bits per heavy atom. The zero-order valence-corrected chi connectivity index (χ0v) is 29.1. The molecule has 2 aliphatic rings. The van der Waals surface area contributed by atoms with Crippen LogP contribution >= 0.6 is 67.8 Å². The fourth-order valence-electron chi connectivity index (χ4n) is 6.14. The molecule has 3 aromatic carbocycles. The second kappa shape index (κ2) is 11.4. The molecule has 0 radical (unpaired) electrons. The van der Waals surface area contributed by atoms with Gasteiger partial charge in [0.05, 0.1) is 14.5 Å². The molecular formula is C28H18F8I3NO3S. The van der Waals surface area contributed by atoms with Gasteiger partial charge in [-0.05, 0) is 135 Å². The van der Waals surface area contributed by atoms with Gasteiger partial charge >= 0.3 is 18.0 Å². The summed E-state index contributed by atoms with van der Waals surface area (Å²) in [5, 5.41) is 0. The zero-order chi connectivity index (χ0) is 32.6. The Labute approximate surface area is 287 Å². The van der Waals surface area contributed by atoms with Crippen molar-refractivity contribution in [3.05, 3.63) is 93.4 Å². The molecule has 1 saturated heterocycles. The minimum Gasteiger partial charge on any atom is -0.334 e. The Morgan fingerprint density at radius 1 is 0.886 bits per heavy atom. The molecule has 0 N–H and O–H groups in total. The van der Waals surface area contributed by atoms with Crippen molar-refractivity contribution in [3.63, 3.8) is 0 Å². The van der Waals surface area contributed by atoms with E-state index in [-0.39, 0.29) is 51.0 Å². The molecular weight excluding hydrogens is 963 g/mol. The minimum absolute atomic E-state index is 0.0477. The Kier molecular flexibility index (Phi) is 8.86. The van der Waals surface area contributed by atoms with E-state index < -0.39 is 55.9 Å². The summed E-state index contributed by atoms with van der Waals surface area (Å²) in [4.78, 5) is 14.8. The van der Waals surface area contributed by atoms with Crippen molar-refractivity contribution in [2.45, 2.75) is 53.0 Å². The van der Waals surface area contributed by atoms with E-state index in [0.717, 1.165) is 12.1 Å². The molecule has 1 aliphatic carbocycles. The Hall–Kier alpha value is -1.29. The summed E-state index contributed by atoms with van der Waals surface area (Å²) in [7, 11) is -4.48. The average Bonchev–Trinajstić information content (AvgIpc) is 3.35. The quantitative estimate of drug-likeness (QED) is 0.150. The number of hydrogen-bond donors (Lipinski definition) is 0. The monoisotopic (exact) mass is 981 g/mol. The first-order chi connectivity index (χ1) is 20.3. The van der Waals surface area contributed by atoms with Crippen LogP contribution in [0.5, 0.6) is 0 Å². The molecule has 44 heavy (non-hydrogen) atoms. The smallest absolute Gasteiger partial charge is 0.334 e. The molecule has 0 spiro atoms. The van der Waals surface area contributed by atoms with Crippen LogP contribution in [-0.2, 0) is 26.7 Å². The lowest BCUT2D eigenvalue weighted by atomic mass is 9.76.